The number of H-pyrrole nitrogens is 1. The third kappa shape index (κ3) is 4.89. The highest BCUT2D eigenvalue weighted by Crippen LogP contribution is 2.19. The van der Waals surface area contributed by atoms with Gasteiger partial charge in [-0.1, -0.05) is 17.3 Å². The number of fused-ring (bicyclic) bond motifs is 1. The van der Waals surface area contributed by atoms with Gasteiger partial charge in [-0.2, -0.15) is 4.98 Å². The second-order valence-corrected chi connectivity index (χ2v) is 7.42. The maximum Gasteiger partial charge on any atom is 0.259 e. The number of aromatic nitrogens is 3. The SMILES string of the molecule is CC(=O)Nc1ccc(NC(=O)CCc2nc(-c3cc4ccc(C)cc4[nH]c3=O)no2)cc1. The molecule has 0 unspecified atom stereocenters. The van der Waals surface area contributed by atoms with Crippen molar-refractivity contribution in [2.24, 2.45) is 0 Å². The summed E-state index contributed by atoms with van der Waals surface area (Å²) in [6, 6.07) is 14.3. The van der Waals surface area contributed by atoms with Crippen molar-refractivity contribution in [3.05, 3.63) is 70.3 Å². The Morgan fingerprint density at radius 3 is 2.47 bits per heavy atom. The molecule has 0 spiro atoms. The van der Waals surface area contributed by atoms with E-state index in [1.54, 1.807) is 30.3 Å². The van der Waals surface area contributed by atoms with Gasteiger partial charge in [0.2, 0.25) is 23.5 Å². The van der Waals surface area contributed by atoms with Crippen molar-refractivity contribution in [3.63, 3.8) is 0 Å². The van der Waals surface area contributed by atoms with E-state index in [2.05, 4.69) is 25.8 Å². The summed E-state index contributed by atoms with van der Waals surface area (Å²) in [5.41, 5.74) is 3.03. The number of hydrogen-bond donors (Lipinski definition) is 3. The number of amides is 2. The molecule has 4 rings (SSSR count). The van der Waals surface area contributed by atoms with Crippen LogP contribution in [0.1, 0.15) is 24.8 Å². The van der Waals surface area contributed by atoms with E-state index in [0.29, 0.717) is 16.9 Å². The fourth-order valence-electron chi connectivity index (χ4n) is 3.23. The lowest BCUT2D eigenvalue weighted by Gasteiger charge is -2.06. The highest BCUT2D eigenvalue weighted by molar-refractivity contribution is 5.92. The first-order chi connectivity index (χ1) is 15.4. The number of aryl methyl sites for hydroxylation is 2. The van der Waals surface area contributed by atoms with Gasteiger partial charge in [-0.05, 0) is 54.3 Å². The Labute approximate surface area is 182 Å². The van der Waals surface area contributed by atoms with Gasteiger partial charge in [0.25, 0.3) is 5.56 Å². The summed E-state index contributed by atoms with van der Waals surface area (Å²) in [5.74, 6) is 0.0506. The molecular weight excluding hydrogens is 410 g/mol. The monoisotopic (exact) mass is 431 g/mol. The molecule has 0 radical (unpaired) electrons. The number of anilines is 2. The van der Waals surface area contributed by atoms with Gasteiger partial charge < -0.3 is 20.1 Å². The second-order valence-electron chi connectivity index (χ2n) is 7.42. The summed E-state index contributed by atoms with van der Waals surface area (Å²) in [6.07, 6.45) is 0.357. The second kappa shape index (κ2) is 8.84. The van der Waals surface area contributed by atoms with Crippen LogP contribution in [0.5, 0.6) is 0 Å². The van der Waals surface area contributed by atoms with E-state index in [9.17, 15) is 14.4 Å². The lowest BCUT2D eigenvalue weighted by Crippen LogP contribution is -2.12. The first kappa shape index (κ1) is 21.0. The molecule has 2 amide bonds. The molecule has 0 saturated carbocycles. The zero-order valence-electron chi connectivity index (χ0n) is 17.6. The summed E-state index contributed by atoms with van der Waals surface area (Å²) >= 11 is 0. The number of carbonyl (C=O) groups is 2. The third-order valence-corrected chi connectivity index (χ3v) is 4.77. The number of rotatable bonds is 6. The molecule has 32 heavy (non-hydrogen) atoms. The molecule has 0 aliphatic heterocycles. The standard InChI is InChI=1S/C23H21N5O4/c1-13-3-4-15-12-18(23(31)26-19(15)11-13)22-27-21(32-28-22)10-9-20(30)25-17-7-5-16(6-8-17)24-14(2)29/h3-8,11-12H,9-10H2,1-2H3,(H,24,29)(H,25,30)(H,26,31). The third-order valence-electron chi connectivity index (χ3n) is 4.77. The number of benzene rings is 2. The molecule has 4 aromatic rings. The van der Waals surface area contributed by atoms with Gasteiger partial charge in [0.15, 0.2) is 0 Å². The number of nitrogens with zero attached hydrogens (tertiary/aromatic N) is 2. The van der Waals surface area contributed by atoms with Crippen molar-refractivity contribution in [2.75, 3.05) is 10.6 Å². The Hall–Kier alpha value is -4.27. The number of pyridine rings is 1. The van der Waals surface area contributed by atoms with E-state index >= 15 is 0 Å². The summed E-state index contributed by atoms with van der Waals surface area (Å²) in [4.78, 5) is 42.8. The number of nitrogens with one attached hydrogen (secondary N) is 3. The molecule has 0 aliphatic carbocycles. The minimum Gasteiger partial charge on any atom is -0.339 e. The molecule has 9 nitrogen and oxygen atoms in total. The van der Waals surface area contributed by atoms with Crippen LogP contribution >= 0.6 is 0 Å². The maximum absolute atomic E-state index is 12.4. The lowest BCUT2D eigenvalue weighted by molar-refractivity contribution is -0.116. The summed E-state index contributed by atoms with van der Waals surface area (Å²) < 4.78 is 5.22. The topological polar surface area (TPSA) is 130 Å². The highest BCUT2D eigenvalue weighted by atomic mass is 16.5. The minimum atomic E-state index is -0.309. The molecule has 162 valence electrons. The van der Waals surface area contributed by atoms with Crippen LogP contribution in [0, 0.1) is 6.92 Å². The first-order valence-corrected chi connectivity index (χ1v) is 10.0. The Morgan fingerprint density at radius 2 is 1.75 bits per heavy atom. The van der Waals surface area contributed by atoms with Crippen LogP contribution < -0.4 is 16.2 Å². The lowest BCUT2D eigenvalue weighted by atomic mass is 10.1. The zero-order chi connectivity index (χ0) is 22.7. The van der Waals surface area contributed by atoms with E-state index < -0.39 is 0 Å². The van der Waals surface area contributed by atoms with Crippen LogP contribution in [-0.4, -0.2) is 26.9 Å². The molecule has 0 fully saturated rings. The van der Waals surface area contributed by atoms with Gasteiger partial charge in [-0.3, -0.25) is 14.4 Å². The average Bonchev–Trinajstić information content (AvgIpc) is 3.21. The molecule has 3 N–H and O–H groups in total. The normalized spacial score (nSPS) is 10.8. The maximum atomic E-state index is 12.4. The molecule has 0 atom stereocenters. The predicted octanol–water partition coefficient (Wildman–Crippen LogP) is 3.42. The summed E-state index contributed by atoms with van der Waals surface area (Å²) in [6.45, 7) is 3.38. The Morgan fingerprint density at radius 1 is 1.03 bits per heavy atom. The molecule has 0 aliphatic rings. The molecule has 2 aromatic heterocycles. The van der Waals surface area contributed by atoms with Crippen LogP contribution in [0.2, 0.25) is 0 Å². The summed E-state index contributed by atoms with van der Waals surface area (Å²) in [5, 5.41) is 10.2. The molecule has 2 aromatic carbocycles. The molecule has 2 heterocycles. The number of hydrogen-bond acceptors (Lipinski definition) is 6. The van der Waals surface area contributed by atoms with Gasteiger partial charge in [0.1, 0.15) is 0 Å². The quantitative estimate of drug-likeness (QED) is 0.429. The average molecular weight is 431 g/mol. The molecule has 9 heteroatoms. The fourth-order valence-corrected chi connectivity index (χ4v) is 3.23. The Bertz CT molecular complexity index is 1360. The smallest absolute Gasteiger partial charge is 0.259 e. The Kier molecular flexibility index (Phi) is 5.80. The zero-order valence-corrected chi connectivity index (χ0v) is 17.6. The van der Waals surface area contributed by atoms with Crippen molar-refractivity contribution < 1.29 is 14.1 Å². The van der Waals surface area contributed by atoms with Crippen molar-refractivity contribution in [1.82, 2.24) is 15.1 Å². The Balaban J connectivity index is 1.39. The molecular formula is C23H21N5O4. The van der Waals surface area contributed by atoms with Gasteiger partial charge >= 0.3 is 0 Å². The number of carbonyl (C=O) groups excluding carboxylic acids is 2. The van der Waals surface area contributed by atoms with E-state index in [-0.39, 0.29) is 41.9 Å². The van der Waals surface area contributed by atoms with Crippen LogP contribution in [-0.2, 0) is 16.0 Å². The minimum absolute atomic E-state index is 0.127. The van der Waals surface area contributed by atoms with E-state index in [1.807, 2.05) is 25.1 Å². The van der Waals surface area contributed by atoms with Gasteiger partial charge in [0.05, 0.1) is 5.56 Å². The first-order valence-electron chi connectivity index (χ1n) is 10.0. The summed E-state index contributed by atoms with van der Waals surface area (Å²) in [7, 11) is 0. The van der Waals surface area contributed by atoms with Crippen molar-refractivity contribution in [2.45, 2.75) is 26.7 Å². The van der Waals surface area contributed by atoms with E-state index in [4.69, 9.17) is 4.52 Å². The van der Waals surface area contributed by atoms with Crippen LogP contribution in [0.4, 0.5) is 11.4 Å². The molecule has 0 bridgehead atoms. The predicted molar refractivity (Wildman–Crippen MR) is 120 cm³/mol. The van der Waals surface area contributed by atoms with E-state index in [1.165, 1.54) is 6.92 Å². The van der Waals surface area contributed by atoms with Gasteiger partial charge in [0, 0.05) is 36.7 Å². The van der Waals surface area contributed by atoms with Crippen molar-refractivity contribution in [3.8, 4) is 11.4 Å². The van der Waals surface area contributed by atoms with Crippen molar-refractivity contribution in [1.29, 1.82) is 0 Å². The number of aromatic amines is 1. The largest absolute Gasteiger partial charge is 0.339 e. The van der Waals surface area contributed by atoms with Crippen LogP contribution in [0.25, 0.3) is 22.3 Å². The van der Waals surface area contributed by atoms with Crippen molar-refractivity contribution >= 4 is 34.1 Å². The van der Waals surface area contributed by atoms with Gasteiger partial charge in [-0.25, -0.2) is 0 Å². The van der Waals surface area contributed by atoms with Crippen LogP contribution in [0.15, 0.2) is 57.8 Å². The fraction of sp³-hybridized carbons (Fsp3) is 0.174. The van der Waals surface area contributed by atoms with Crippen LogP contribution in [0.3, 0.4) is 0 Å². The van der Waals surface area contributed by atoms with E-state index in [0.717, 1.165) is 16.5 Å². The molecule has 0 saturated heterocycles. The highest BCUT2D eigenvalue weighted by Gasteiger charge is 2.14. The van der Waals surface area contributed by atoms with Gasteiger partial charge in [-0.15, -0.1) is 0 Å².